The summed E-state index contributed by atoms with van der Waals surface area (Å²) in [5, 5.41) is 2.22. The van der Waals surface area contributed by atoms with E-state index in [9.17, 15) is 18.0 Å². The van der Waals surface area contributed by atoms with Crippen LogP contribution in [0.1, 0.15) is 11.1 Å². The zero-order valence-electron chi connectivity index (χ0n) is 11.4. The fourth-order valence-corrected chi connectivity index (χ4v) is 1.85. The Morgan fingerprint density at radius 1 is 1.09 bits per heavy atom. The highest BCUT2D eigenvalue weighted by Gasteiger charge is 2.33. The smallest absolute Gasteiger partial charge is 0.399 e. The number of nitrogens with two attached hydrogens (primary N) is 1. The lowest BCUT2D eigenvalue weighted by molar-refractivity contribution is -0.136. The molecule has 0 radical (unpaired) electrons. The molecule has 3 N–H and O–H groups in total. The van der Waals surface area contributed by atoms with Gasteiger partial charge in [0, 0.05) is 11.8 Å². The van der Waals surface area contributed by atoms with Gasteiger partial charge >= 0.3 is 6.18 Å². The van der Waals surface area contributed by atoms with Gasteiger partial charge in [-0.15, -0.1) is 0 Å². The van der Waals surface area contributed by atoms with Crippen molar-refractivity contribution >= 4 is 23.4 Å². The molecule has 3 nitrogen and oxygen atoms in total. The number of benzene rings is 2. The van der Waals surface area contributed by atoms with Crippen molar-refractivity contribution < 1.29 is 18.0 Å². The quantitative estimate of drug-likeness (QED) is 0.666. The van der Waals surface area contributed by atoms with Crippen LogP contribution < -0.4 is 11.1 Å². The molecule has 0 unspecified atom stereocenters. The van der Waals surface area contributed by atoms with E-state index in [1.807, 2.05) is 0 Å². The second-order valence-corrected chi connectivity index (χ2v) is 4.54. The van der Waals surface area contributed by atoms with Gasteiger partial charge in [0.25, 0.3) is 0 Å². The Hall–Kier alpha value is -2.76. The number of carbonyl (C=O) groups excluding carboxylic acids is 1. The molecule has 2 rings (SSSR count). The third kappa shape index (κ3) is 4.12. The maximum Gasteiger partial charge on any atom is 0.418 e. The summed E-state index contributed by atoms with van der Waals surface area (Å²) in [5.41, 5.74) is 5.64. The third-order valence-electron chi connectivity index (χ3n) is 2.83. The minimum Gasteiger partial charge on any atom is -0.399 e. The molecule has 0 fully saturated rings. The summed E-state index contributed by atoms with van der Waals surface area (Å²) in [7, 11) is 0. The van der Waals surface area contributed by atoms with Crippen molar-refractivity contribution in [3.8, 4) is 0 Å². The zero-order chi connectivity index (χ0) is 16.2. The van der Waals surface area contributed by atoms with Crippen LogP contribution in [0.2, 0.25) is 0 Å². The van der Waals surface area contributed by atoms with Gasteiger partial charge in [-0.3, -0.25) is 4.79 Å². The number of para-hydroxylation sites is 1. The van der Waals surface area contributed by atoms with Crippen LogP contribution in [-0.2, 0) is 11.0 Å². The summed E-state index contributed by atoms with van der Waals surface area (Å²) in [6, 6.07) is 11.6. The molecule has 0 atom stereocenters. The first-order valence-corrected chi connectivity index (χ1v) is 6.37. The number of halogens is 3. The normalized spacial score (nSPS) is 11.6. The molecule has 0 aliphatic heterocycles. The molecular weight excluding hydrogens is 293 g/mol. The van der Waals surface area contributed by atoms with Gasteiger partial charge in [0.2, 0.25) is 5.91 Å². The number of amides is 1. The van der Waals surface area contributed by atoms with Gasteiger partial charge in [-0.25, -0.2) is 0 Å². The van der Waals surface area contributed by atoms with Crippen molar-refractivity contribution in [3.63, 3.8) is 0 Å². The van der Waals surface area contributed by atoms with E-state index in [1.165, 1.54) is 24.3 Å². The molecule has 0 spiro atoms. The highest BCUT2D eigenvalue weighted by molar-refractivity contribution is 6.02. The monoisotopic (exact) mass is 306 g/mol. The SMILES string of the molecule is Nc1cccc(/C=C/C(=O)Nc2ccccc2C(F)(F)F)c1. The lowest BCUT2D eigenvalue weighted by atomic mass is 10.1. The minimum absolute atomic E-state index is 0.280. The molecule has 0 saturated heterocycles. The first kappa shape index (κ1) is 15.6. The number of nitrogens with one attached hydrogen (secondary N) is 1. The van der Waals surface area contributed by atoms with E-state index >= 15 is 0 Å². The first-order valence-electron chi connectivity index (χ1n) is 6.37. The third-order valence-corrected chi connectivity index (χ3v) is 2.83. The fraction of sp³-hybridized carbons (Fsp3) is 0.0625. The maximum atomic E-state index is 12.8. The molecule has 114 valence electrons. The van der Waals surface area contributed by atoms with Gasteiger partial charge in [0.15, 0.2) is 0 Å². The summed E-state index contributed by atoms with van der Waals surface area (Å²) < 4.78 is 38.4. The van der Waals surface area contributed by atoms with E-state index in [0.29, 0.717) is 11.3 Å². The van der Waals surface area contributed by atoms with Crippen LogP contribution in [-0.4, -0.2) is 5.91 Å². The summed E-state index contributed by atoms with van der Waals surface area (Å²) in [5.74, 6) is -0.654. The van der Waals surface area contributed by atoms with Crippen molar-refractivity contribution in [3.05, 3.63) is 65.7 Å². The Labute approximate surface area is 125 Å². The van der Waals surface area contributed by atoms with E-state index in [-0.39, 0.29) is 5.69 Å². The first-order chi connectivity index (χ1) is 10.4. The van der Waals surface area contributed by atoms with Crippen molar-refractivity contribution in [2.24, 2.45) is 0 Å². The van der Waals surface area contributed by atoms with E-state index < -0.39 is 17.6 Å². The van der Waals surface area contributed by atoms with Crippen molar-refractivity contribution in [1.82, 2.24) is 0 Å². The molecule has 0 bridgehead atoms. The second-order valence-electron chi connectivity index (χ2n) is 4.54. The van der Waals surface area contributed by atoms with Crippen LogP contribution in [0.5, 0.6) is 0 Å². The summed E-state index contributed by atoms with van der Waals surface area (Å²) in [6.45, 7) is 0. The number of hydrogen-bond donors (Lipinski definition) is 2. The van der Waals surface area contributed by atoms with Crippen molar-refractivity contribution in [2.45, 2.75) is 6.18 Å². The Morgan fingerprint density at radius 2 is 1.82 bits per heavy atom. The molecular formula is C16H13F3N2O. The van der Waals surface area contributed by atoms with Gasteiger partial charge in [-0.2, -0.15) is 13.2 Å². The molecule has 22 heavy (non-hydrogen) atoms. The molecule has 6 heteroatoms. The summed E-state index contributed by atoms with van der Waals surface area (Å²) in [6.07, 6.45) is -1.90. The lowest BCUT2D eigenvalue weighted by Gasteiger charge is -2.12. The van der Waals surface area contributed by atoms with E-state index in [1.54, 1.807) is 24.3 Å². The summed E-state index contributed by atoms with van der Waals surface area (Å²) >= 11 is 0. The lowest BCUT2D eigenvalue weighted by Crippen LogP contribution is -2.14. The molecule has 0 aliphatic carbocycles. The topological polar surface area (TPSA) is 55.1 Å². The standard InChI is InChI=1S/C16H13F3N2O/c17-16(18,19)13-6-1-2-7-14(13)21-15(22)9-8-11-4-3-5-12(20)10-11/h1-10H,20H2,(H,21,22)/b9-8+. The van der Waals surface area contributed by atoms with Crippen LogP contribution in [0, 0.1) is 0 Å². The number of nitrogen functional groups attached to an aromatic ring is 1. The zero-order valence-corrected chi connectivity index (χ0v) is 11.4. The fourth-order valence-electron chi connectivity index (χ4n) is 1.85. The van der Waals surface area contributed by atoms with Crippen molar-refractivity contribution in [2.75, 3.05) is 11.1 Å². The second kappa shape index (κ2) is 6.34. The van der Waals surface area contributed by atoms with Crippen molar-refractivity contribution in [1.29, 1.82) is 0 Å². The minimum atomic E-state index is -4.53. The largest absolute Gasteiger partial charge is 0.418 e. The summed E-state index contributed by atoms with van der Waals surface area (Å²) in [4.78, 5) is 11.8. The van der Waals surface area contributed by atoms with Gasteiger partial charge in [0.1, 0.15) is 0 Å². The van der Waals surface area contributed by atoms with Gasteiger partial charge in [-0.05, 0) is 35.9 Å². The Bertz CT molecular complexity index is 709. The maximum absolute atomic E-state index is 12.8. The van der Waals surface area contributed by atoms with Crippen LogP contribution >= 0.6 is 0 Å². The Kier molecular flexibility index (Phi) is 4.50. The predicted octanol–water partition coefficient (Wildman–Crippen LogP) is 3.94. The highest BCUT2D eigenvalue weighted by Crippen LogP contribution is 2.34. The van der Waals surface area contributed by atoms with Crippen LogP contribution in [0.4, 0.5) is 24.5 Å². The van der Waals surface area contributed by atoms with Crippen LogP contribution in [0.3, 0.4) is 0 Å². The number of rotatable bonds is 3. The van der Waals surface area contributed by atoms with E-state index in [4.69, 9.17) is 5.73 Å². The van der Waals surface area contributed by atoms with Crippen LogP contribution in [0.25, 0.3) is 6.08 Å². The highest BCUT2D eigenvalue weighted by atomic mass is 19.4. The number of carbonyl (C=O) groups is 1. The van der Waals surface area contributed by atoms with E-state index in [2.05, 4.69) is 5.32 Å². The van der Waals surface area contributed by atoms with E-state index in [0.717, 1.165) is 12.1 Å². The molecule has 2 aromatic rings. The van der Waals surface area contributed by atoms with Gasteiger partial charge in [0.05, 0.1) is 11.3 Å². The molecule has 1 amide bonds. The average Bonchev–Trinajstić information content (AvgIpc) is 2.45. The molecule has 0 saturated carbocycles. The predicted molar refractivity (Wildman–Crippen MR) is 80.0 cm³/mol. The number of hydrogen-bond acceptors (Lipinski definition) is 2. The van der Waals surface area contributed by atoms with Crippen LogP contribution in [0.15, 0.2) is 54.6 Å². The Balaban J connectivity index is 2.13. The average molecular weight is 306 g/mol. The molecule has 0 aliphatic rings. The molecule has 0 aromatic heterocycles. The molecule has 0 heterocycles. The number of anilines is 2. The Morgan fingerprint density at radius 3 is 2.50 bits per heavy atom. The van der Waals surface area contributed by atoms with Gasteiger partial charge < -0.3 is 11.1 Å². The van der Waals surface area contributed by atoms with Gasteiger partial charge in [-0.1, -0.05) is 24.3 Å². The number of alkyl halides is 3. The molecule has 2 aromatic carbocycles.